The van der Waals surface area contributed by atoms with Crippen molar-refractivity contribution in [1.82, 2.24) is 15.6 Å². The van der Waals surface area contributed by atoms with Gasteiger partial charge in [-0.2, -0.15) is 0 Å². The topological polar surface area (TPSA) is 46.2 Å². The van der Waals surface area contributed by atoms with Crippen LogP contribution in [0.4, 0.5) is 0 Å². The fraction of sp³-hybridized carbons (Fsp3) is 0.615. The maximum absolute atomic E-state index is 5.63. The molecule has 17 heavy (non-hydrogen) atoms. The summed E-state index contributed by atoms with van der Waals surface area (Å²) in [5.41, 5.74) is 1.29. The highest BCUT2D eigenvalue weighted by Gasteiger charge is 2.11. The first kappa shape index (κ1) is 12.5. The molecule has 1 unspecified atom stereocenters. The van der Waals surface area contributed by atoms with E-state index in [1.807, 2.05) is 18.5 Å². The number of hydrogen-bond acceptors (Lipinski definition) is 4. The normalized spacial score (nSPS) is 20.4. The molecule has 4 heteroatoms. The average molecular weight is 235 g/mol. The summed E-state index contributed by atoms with van der Waals surface area (Å²) in [5, 5.41) is 6.79. The van der Waals surface area contributed by atoms with E-state index < -0.39 is 0 Å². The lowest BCUT2D eigenvalue weighted by atomic mass is 10.2. The van der Waals surface area contributed by atoms with Crippen molar-refractivity contribution in [3.05, 3.63) is 30.1 Å². The number of morpholine rings is 1. The Bertz CT molecular complexity index is 299. The van der Waals surface area contributed by atoms with E-state index in [1.54, 1.807) is 0 Å². The lowest BCUT2D eigenvalue weighted by molar-refractivity contribution is 0.0239. The van der Waals surface area contributed by atoms with E-state index in [1.165, 1.54) is 5.56 Å². The van der Waals surface area contributed by atoms with Crippen LogP contribution >= 0.6 is 0 Å². The molecule has 0 radical (unpaired) electrons. The molecule has 0 aliphatic carbocycles. The van der Waals surface area contributed by atoms with Gasteiger partial charge in [0.05, 0.1) is 12.7 Å². The van der Waals surface area contributed by atoms with E-state index >= 15 is 0 Å². The molecule has 1 aromatic rings. The molecule has 1 saturated heterocycles. The Kier molecular flexibility index (Phi) is 5.42. The molecule has 2 rings (SSSR count). The molecule has 4 nitrogen and oxygen atoms in total. The summed E-state index contributed by atoms with van der Waals surface area (Å²) in [6.07, 6.45) is 6.24. The molecule has 1 atom stereocenters. The Morgan fingerprint density at radius 1 is 1.47 bits per heavy atom. The largest absolute Gasteiger partial charge is 0.376 e. The summed E-state index contributed by atoms with van der Waals surface area (Å²) in [7, 11) is 0. The maximum atomic E-state index is 5.63. The fourth-order valence-corrected chi connectivity index (χ4v) is 1.97. The van der Waals surface area contributed by atoms with Crippen molar-refractivity contribution in [2.45, 2.75) is 18.9 Å². The third kappa shape index (κ3) is 4.81. The quantitative estimate of drug-likeness (QED) is 0.709. The molecule has 0 bridgehead atoms. The molecule has 1 aromatic heterocycles. The van der Waals surface area contributed by atoms with Gasteiger partial charge in [0, 0.05) is 25.5 Å². The molecule has 0 aromatic carbocycles. The van der Waals surface area contributed by atoms with Gasteiger partial charge in [0.1, 0.15) is 0 Å². The zero-order chi connectivity index (χ0) is 11.8. The number of aromatic nitrogens is 1. The Morgan fingerprint density at radius 3 is 3.24 bits per heavy atom. The lowest BCUT2D eigenvalue weighted by Gasteiger charge is -2.23. The van der Waals surface area contributed by atoms with Crippen LogP contribution in [0.2, 0.25) is 0 Å². The number of nitrogens with zero attached hydrogens (tertiary/aromatic N) is 1. The highest BCUT2D eigenvalue weighted by molar-refractivity contribution is 5.08. The Morgan fingerprint density at radius 2 is 2.47 bits per heavy atom. The summed E-state index contributed by atoms with van der Waals surface area (Å²) >= 11 is 0. The van der Waals surface area contributed by atoms with Crippen molar-refractivity contribution < 1.29 is 4.74 Å². The number of ether oxygens (including phenoxy) is 1. The van der Waals surface area contributed by atoms with Gasteiger partial charge >= 0.3 is 0 Å². The second kappa shape index (κ2) is 7.37. The molecule has 0 spiro atoms. The predicted molar refractivity (Wildman–Crippen MR) is 68.0 cm³/mol. The third-order valence-corrected chi connectivity index (χ3v) is 2.96. The molecule has 1 fully saturated rings. The minimum absolute atomic E-state index is 0.384. The highest BCUT2D eigenvalue weighted by atomic mass is 16.5. The Hall–Kier alpha value is -0.970. The van der Waals surface area contributed by atoms with Crippen molar-refractivity contribution in [1.29, 1.82) is 0 Å². The lowest BCUT2D eigenvalue weighted by Crippen LogP contribution is -2.40. The first-order valence-electron chi connectivity index (χ1n) is 6.37. The van der Waals surface area contributed by atoms with E-state index in [-0.39, 0.29) is 0 Å². The molecule has 2 heterocycles. The van der Waals surface area contributed by atoms with Crippen LogP contribution in [-0.4, -0.2) is 43.9 Å². The van der Waals surface area contributed by atoms with Crippen LogP contribution < -0.4 is 10.6 Å². The number of pyridine rings is 1. The Labute approximate surface area is 103 Å². The van der Waals surface area contributed by atoms with E-state index in [0.717, 1.165) is 45.6 Å². The third-order valence-electron chi connectivity index (χ3n) is 2.96. The fourth-order valence-electron chi connectivity index (χ4n) is 1.97. The van der Waals surface area contributed by atoms with Crippen LogP contribution in [0.1, 0.15) is 12.0 Å². The second-order valence-corrected chi connectivity index (χ2v) is 4.35. The monoisotopic (exact) mass is 235 g/mol. The molecule has 0 saturated carbocycles. The molecule has 1 aliphatic heterocycles. The van der Waals surface area contributed by atoms with Crippen LogP contribution in [0.15, 0.2) is 24.5 Å². The molecular weight excluding hydrogens is 214 g/mol. The molecule has 1 aliphatic rings. The molecule has 94 valence electrons. The number of hydrogen-bond donors (Lipinski definition) is 2. The van der Waals surface area contributed by atoms with Gasteiger partial charge in [0.2, 0.25) is 0 Å². The second-order valence-electron chi connectivity index (χ2n) is 4.35. The zero-order valence-corrected chi connectivity index (χ0v) is 10.2. The molecule has 0 amide bonds. The van der Waals surface area contributed by atoms with Gasteiger partial charge < -0.3 is 15.4 Å². The summed E-state index contributed by atoms with van der Waals surface area (Å²) in [4.78, 5) is 4.10. The standard InChI is InChI=1S/C13H21N3O/c1-2-12(10-15-5-1)3-6-14-7-4-13-11-16-8-9-17-13/h1-2,5,10,13-14,16H,3-4,6-9,11H2. The van der Waals surface area contributed by atoms with Gasteiger partial charge in [-0.05, 0) is 37.6 Å². The van der Waals surface area contributed by atoms with Crippen molar-refractivity contribution in [3.63, 3.8) is 0 Å². The van der Waals surface area contributed by atoms with E-state index in [2.05, 4.69) is 21.7 Å². The molecular formula is C13H21N3O. The van der Waals surface area contributed by atoms with Gasteiger partial charge in [0.15, 0.2) is 0 Å². The SMILES string of the molecule is c1cncc(CCNCCC2CNCCO2)c1. The van der Waals surface area contributed by atoms with Crippen LogP contribution in [-0.2, 0) is 11.2 Å². The van der Waals surface area contributed by atoms with Crippen LogP contribution in [0.25, 0.3) is 0 Å². The minimum Gasteiger partial charge on any atom is -0.376 e. The zero-order valence-electron chi connectivity index (χ0n) is 10.2. The van der Waals surface area contributed by atoms with Crippen LogP contribution in [0, 0.1) is 0 Å². The van der Waals surface area contributed by atoms with Crippen LogP contribution in [0.3, 0.4) is 0 Å². The number of rotatable bonds is 6. The average Bonchev–Trinajstić information content (AvgIpc) is 2.41. The van der Waals surface area contributed by atoms with Gasteiger partial charge in [0.25, 0.3) is 0 Å². The molecule has 2 N–H and O–H groups in total. The van der Waals surface area contributed by atoms with Gasteiger partial charge in [-0.3, -0.25) is 4.98 Å². The van der Waals surface area contributed by atoms with Crippen LogP contribution in [0.5, 0.6) is 0 Å². The van der Waals surface area contributed by atoms with Crippen molar-refractivity contribution in [2.75, 3.05) is 32.8 Å². The van der Waals surface area contributed by atoms with Gasteiger partial charge in [-0.15, -0.1) is 0 Å². The minimum atomic E-state index is 0.384. The first-order valence-corrected chi connectivity index (χ1v) is 6.37. The summed E-state index contributed by atoms with van der Waals surface area (Å²) in [5.74, 6) is 0. The highest BCUT2D eigenvalue weighted by Crippen LogP contribution is 2.00. The predicted octanol–water partition coefficient (Wildman–Crippen LogP) is 0.592. The van der Waals surface area contributed by atoms with E-state index in [4.69, 9.17) is 4.74 Å². The van der Waals surface area contributed by atoms with Crippen molar-refractivity contribution in [2.24, 2.45) is 0 Å². The van der Waals surface area contributed by atoms with Gasteiger partial charge in [-0.25, -0.2) is 0 Å². The smallest absolute Gasteiger partial charge is 0.0712 e. The maximum Gasteiger partial charge on any atom is 0.0712 e. The van der Waals surface area contributed by atoms with Crippen molar-refractivity contribution >= 4 is 0 Å². The summed E-state index contributed by atoms with van der Waals surface area (Å²) in [6.45, 7) is 4.86. The van der Waals surface area contributed by atoms with E-state index in [9.17, 15) is 0 Å². The van der Waals surface area contributed by atoms with E-state index in [0.29, 0.717) is 6.10 Å². The van der Waals surface area contributed by atoms with Gasteiger partial charge in [-0.1, -0.05) is 6.07 Å². The summed E-state index contributed by atoms with van der Waals surface area (Å²) < 4.78 is 5.63. The number of nitrogens with one attached hydrogen (secondary N) is 2. The van der Waals surface area contributed by atoms with Crippen molar-refractivity contribution in [3.8, 4) is 0 Å². The first-order chi connectivity index (χ1) is 8.45. The Balaban J connectivity index is 1.51. The summed E-state index contributed by atoms with van der Waals surface area (Å²) in [6, 6.07) is 4.10.